The molecule has 0 aromatic heterocycles. The van der Waals surface area contributed by atoms with Gasteiger partial charge in [-0.3, -0.25) is 4.90 Å². The van der Waals surface area contributed by atoms with Crippen molar-refractivity contribution >= 4 is 10.0 Å². The summed E-state index contributed by atoms with van der Waals surface area (Å²) < 4.78 is 25.1. The quantitative estimate of drug-likeness (QED) is 0.655. The van der Waals surface area contributed by atoms with E-state index in [4.69, 9.17) is 0 Å². The minimum atomic E-state index is -3.16. The van der Waals surface area contributed by atoms with Crippen molar-refractivity contribution in [3.63, 3.8) is 0 Å². The zero-order valence-corrected chi connectivity index (χ0v) is 16.3. The first kappa shape index (κ1) is 20.9. The summed E-state index contributed by atoms with van der Waals surface area (Å²) in [5.74, 6) is 0.494. The third-order valence-electron chi connectivity index (χ3n) is 4.51. The van der Waals surface area contributed by atoms with Crippen LogP contribution in [0.3, 0.4) is 0 Å². The number of nitrogens with zero attached hydrogens (tertiary/aromatic N) is 2. The Labute approximate surface area is 132 Å². The predicted molar refractivity (Wildman–Crippen MR) is 92.1 cm³/mol. The summed E-state index contributed by atoms with van der Waals surface area (Å²) in [6, 6.07) is 1.02. The second-order valence-electron chi connectivity index (χ2n) is 7.41. The standard InChI is InChI=1S/C16H36N2O2S/c1-10-15(12-18(13(2)3)14(4)5)11-16(6,7)17(8)21(9,19)20/h13-15H,10-12H2,1-9H3. The highest BCUT2D eigenvalue weighted by Crippen LogP contribution is 2.27. The third-order valence-corrected chi connectivity index (χ3v) is 6.00. The van der Waals surface area contributed by atoms with E-state index in [-0.39, 0.29) is 5.54 Å². The molecule has 0 spiro atoms. The second kappa shape index (κ2) is 7.93. The van der Waals surface area contributed by atoms with Gasteiger partial charge in [0.05, 0.1) is 6.26 Å². The van der Waals surface area contributed by atoms with Crippen molar-refractivity contribution in [3.8, 4) is 0 Å². The fraction of sp³-hybridized carbons (Fsp3) is 1.00. The molecule has 5 heteroatoms. The molecule has 128 valence electrons. The maximum absolute atomic E-state index is 11.8. The molecule has 1 unspecified atom stereocenters. The van der Waals surface area contributed by atoms with Gasteiger partial charge in [0, 0.05) is 31.2 Å². The molecule has 0 saturated heterocycles. The van der Waals surface area contributed by atoms with Crippen LogP contribution < -0.4 is 0 Å². The van der Waals surface area contributed by atoms with Crippen molar-refractivity contribution in [2.24, 2.45) is 5.92 Å². The largest absolute Gasteiger partial charge is 0.298 e. The van der Waals surface area contributed by atoms with E-state index < -0.39 is 10.0 Å². The molecule has 0 aliphatic carbocycles. The normalized spacial score (nSPS) is 15.5. The summed E-state index contributed by atoms with van der Waals surface area (Å²) in [7, 11) is -1.47. The number of hydrogen-bond acceptors (Lipinski definition) is 3. The van der Waals surface area contributed by atoms with E-state index in [1.807, 2.05) is 13.8 Å². The first-order valence-electron chi connectivity index (χ1n) is 8.02. The fourth-order valence-electron chi connectivity index (χ4n) is 2.94. The highest BCUT2D eigenvalue weighted by molar-refractivity contribution is 7.88. The zero-order chi connectivity index (χ0) is 17.0. The first-order chi connectivity index (χ1) is 9.32. The van der Waals surface area contributed by atoms with Gasteiger partial charge in [-0.05, 0) is 53.9 Å². The minimum Gasteiger partial charge on any atom is -0.298 e. The summed E-state index contributed by atoms with van der Waals surface area (Å²) in [4.78, 5) is 2.49. The van der Waals surface area contributed by atoms with Crippen LogP contribution in [0, 0.1) is 5.92 Å². The molecule has 0 saturated carbocycles. The lowest BCUT2D eigenvalue weighted by atomic mass is 9.88. The third kappa shape index (κ3) is 6.66. The Balaban J connectivity index is 4.99. The Morgan fingerprint density at radius 2 is 1.48 bits per heavy atom. The van der Waals surface area contributed by atoms with E-state index in [0.717, 1.165) is 19.4 Å². The van der Waals surface area contributed by atoms with Crippen LogP contribution in [-0.4, -0.2) is 55.1 Å². The molecule has 0 rings (SSSR count). The van der Waals surface area contributed by atoms with Crippen molar-refractivity contribution < 1.29 is 8.42 Å². The average Bonchev–Trinajstić information content (AvgIpc) is 2.30. The van der Waals surface area contributed by atoms with Crippen LogP contribution in [0.15, 0.2) is 0 Å². The predicted octanol–water partition coefficient (Wildman–Crippen LogP) is 3.19. The summed E-state index contributed by atoms with van der Waals surface area (Å²) in [6.45, 7) is 16.1. The van der Waals surface area contributed by atoms with E-state index >= 15 is 0 Å². The molecule has 0 radical (unpaired) electrons. The molecule has 0 heterocycles. The van der Waals surface area contributed by atoms with Crippen molar-refractivity contribution in [2.45, 2.75) is 78.9 Å². The van der Waals surface area contributed by atoms with Crippen LogP contribution in [0.4, 0.5) is 0 Å². The first-order valence-corrected chi connectivity index (χ1v) is 9.87. The monoisotopic (exact) mass is 320 g/mol. The van der Waals surface area contributed by atoms with Gasteiger partial charge in [0.15, 0.2) is 0 Å². The van der Waals surface area contributed by atoms with Crippen LogP contribution in [0.1, 0.15) is 61.3 Å². The average molecular weight is 321 g/mol. The number of sulfonamides is 1. The maximum atomic E-state index is 11.8. The molecule has 0 aromatic carbocycles. The van der Waals surface area contributed by atoms with E-state index in [1.54, 1.807) is 7.05 Å². The van der Waals surface area contributed by atoms with Gasteiger partial charge in [0.1, 0.15) is 0 Å². The summed E-state index contributed by atoms with van der Waals surface area (Å²) in [5.41, 5.74) is -0.353. The zero-order valence-electron chi connectivity index (χ0n) is 15.5. The van der Waals surface area contributed by atoms with Gasteiger partial charge in [-0.2, -0.15) is 4.31 Å². The molecular formula is C16H36N2O2S. The van der Waals surface area contributed by atoms with Gasteiger partial charge in [-0.15, -0.1) is 0 Å². The lowest BCUT2D eigenvalue weighted by Gasteiger charge is -2.39. The van der Waals surface area contributed by atoms with Gasteiger partial charge < -0.3 is 0 Å². The van der Waals surface area contributed by atoms with E-state index in [0.29, 0.717) is 18.0 Å². The SMILES string of the molecule is CCC(CN(C(C)C)C(C)C)CC(C)(C)N(C)S(C)(=O)=O. The molecule has 21 heavy (non-hydrogen) atoms. The van der Waals surface area contributed by atoms with Crippen LogP contribution in [0.5, 0.6) is 0 Å². The van der Waals surface area contributed by atoms with E-state index in [2.05, 4.69) is 39.5 Å². The summed E-state index contributed by atoms with van der Waals surface area (Å²) >= 11 is 0. The van der Waals surface area contributed by atoms with Crippen molar-refractivity contribution in [1.82, 2.24) is 9.21 Å². The van der Waals surface area contributed by atoms with E-state index in [9.17, 15) is 8.42 Å². The molecule has 1 atom stereocenters. The Hall–Kier alpha value is -0.130. The van der Waals surface area contributed by atoms with Crippen LogP contribution in [0.25, 0.3) is 0 Å². The topological polar surface area (TPSA) is 40.6 Å². The van der Waals surface area contributed by atoms with Crippen molar-refractivity contribution in [1.29, 1.82) is 0 Å². The van der Waals surface area contributed by atoms with Crippen LogP contribution in [-0.2, 0) is 10.0 Å². The summed E-state index contributed by atoms with van der Waals surface area (Å²) in [6.07, 6.45) is 3.23. The fourth-order valence-corrected chi connectivity index (χ4v) is 3.91. The molecule has 0 fully saturated rings. The Bertz CT molecular complexity index is 395. The van der Waals surface area contributed by atoms with Gasteiger partial charge in [-0.25, -0.2) is 8.42 Å². The van der Waals surface area contributed by atoms with Crippen LogP contribution >= 0.6 is 0 Å². The smallest absolute Gasteiger partial charge is 0.211 e. The molecule has 0 aliphatic rings. The number of rotatable bonds is 9. The number of hydrogen-bond donors (Lipinski definition) is 0. The highest BCUT2D eigenvalue weighted by atomic mass is 32.2. The Morgan fingerprint density at radius 1 is 1.05 bits per heavy atom. The summed E-state index contributed by atoms with van der Waals surface area (Å²) in [5, 5.41) is 0. The lowest BCUT2D eigenvalue weighted by Crippen LogP contribution is -2.48. The molecule has 4 nitrogen and oxygen atoms in total. The lowest BCUT2D eigenvalue weighted by molar-refractivity contribution is 0.117. The Morgan fingerprint density at radius 3 is 1.76 bits per heavy atom. The minimum absolute atomic E-state index is 0.353. The van der Waals surface area contributed by atoms with E-state index in [1.165, 1.54) is 10.6 Å². The van der Waals surface area contributed by atoms with Gasteiger partial charge in [0.25, 0.3) is 0 Å². The van der Waals surface area contributed by atoms with Gasteiger partial charge in [0.2, 0.25) is 10.0 Å². The van der Waals surface area contributed by atoms with Gasteiger partial charge >= 0.3 is 0 Å². The highest BCUT2D eigenvalue weighted by Gasteiger charge is 2.33. The van der Waals surface area contributed by atoms with Gasteiger partial charge in [-0.1, -0.05) is 13.3 Å². The molecule has 0 N–H and O–H groups in total. The Kier molecular flexibility index (Phi) is 7.88. The molecule has 0 aromatic rings. The second-order valence-corrected chi connectivity index (χ2v) is 9.42. The van der Waals surface area contributed by atoms with Crippen molar-refractivity contribution in [2.75, 3.05) is 19.8 Å². The molecule has 0 bridgehead atoms. The molecule has 0 amide bonds. The molecule has 0 aliphatic heterocycles. The maximum Gasteiger partial charge on any atom is 0.211 e. The van der Waals surface area contributed by atoms with Crippen LogP contribution in [0.2, 0.25) is 0 Å². The molecular weight excluding hydrogens is 284 g/mol. The van der Waals surface area contributed by atoms with Crippen molar-refractivity contribution in [3.05, 3.63) is 0 Å².